The molecule has 0 radical (unpaired) electrons. The highest BCUT2D eigenvalue weighted by molar-refractivity contribution is 7.07. The first-order valence-corrected chi connectivity index (χ1v) is 5.39. The molecule has 0 saturated heterocycles. The Labute approximate surface area is 78.1 Å². The average Bonchev–Trinajstić information content (AvgIpc) is 2.57. The van der Waals surface area contributed by atoms with Gasteiger partial charge in [0.2, 0.25) is 0 Å². The molecule has 1 unspecified atom stereocenters. The van der Waals surface area contributed by atoms with E-state index in [2.05, 4.69) is 23.8 Å². The lowest BCUT2D eigenvalue weighted by molar-refractivity contribution is 0.228. The maximum Gasteiger partial charge on any atom is 0.0456 e. The Hall–Kier alpha value is -0.340. The van der Waals surface area contributed by atoms with Crippen LogP contribution in [0.25, 0.3) is 0 Å². The summed E-state index contributed by atoms with van der Waals surface area (Å²) in [6, 6.07) is 2.17. The standard InChI is InChI=1S/C10H16OS/c1-9(7-11)3-2-4-10-5-6-12-8-10/h5-6,8-9,11H,2-4,7H2,1H3. The van der Waals surface area contributed by atoms with Gasteiger partial charge in [-0.3, -0.25) is 0 Å². The predicted octanol–water partition coefficient (Wildman–Crippen LogP) is 2.70. The van der Waals surface area contributed by atoms with Crippen LogP contribution in [0.5, 0.6) is 0 Å². The monoisotopic (exact) mass is 184 g/mol. The van der Waals surface area contributed by atoms with Crippen LogP contribution in [0.2, 0.25) is 0 Å². The van der Waals surface area contributed by atoms with Gasteiger partial charge in [0.15, 0.2) is 0 Å². The van der Waals surface area contributed by atoms with Gasteiger partial charge in [-0.15, -0.1) is 0 Å². The summed E-state index contributed by atoms with van der Waals surface area (Å²) in [4.78, 5) is 0. The molecule has 0 aliphatic rings. The van der Waals surface area contributed by atoms with Crippen LogP contribution in [-0.2, 0) is 6.42 Å². The van der Waals surface area contributed by atoms with Crippen LogP contribution in [0.3, 0.4) is 0 Å². The summed E-state index contributed by atoms with van der Waals surface area (Å²) >= 11 is 1.75. The van der Waals surface area contributed by atoms with Crippen LogP contribution in [0.1, 0.15) is 25.3 Å². The highest BCUT2D eigenvalue weighted by Crippen LogP contribution is 2.12. The van der Waals surface area contributed by atoms with Gasteiger partial charge in [-0.25, -0.2) is 0 Å². The van der Waals surface area contributed by atoms with Crippen molar-refractivity contribution in [1.82, 2.24) is 0 Å². The van der Waals surface area contributed by atoms with E-state index in [-0.39, 0.29) is 0 Å². The van der Waals surface area contributed by atoms with Gasteiger partial charge in [0.25, 0.3) is 0 Å². The molecule has 1 heterocycles. The van der Waals surface area contributed by atoms with Crippen molar-refractivity contribution in [3.63, 3.8) is 0 Å². The number of thiophene rings is 1. The Balaban J connectivity index is 2.11. The summed E-state index contributed by atoms with van der Waals surface area (Å²) in [6.45, 7) is 2.41. The van der Waals surface area contributed by atoms with Gasteiger partial charge in [0.05, 0.1) is 0 Å². The minimum Gasteiger partial charge on any atom is -0.396 e. The van der Waals surface area contributed by atoms with E-state index in [4.69, 9.17) is 5.11 Å². The van der Waals surface area contributed by atoms with Crippen LogP contribution < -0.4 is 0 Å². The molecule has 0 spiro atoms. The molecule has 0 bridgehead atoms. The van der Waals surface area contributed by atoms with Crippen LogP contribution in [0.15, 0.2) is 16.8 Å². The molecule has 0 amide bonds. The maximum absolute atomic E-state index is 8.79. The highest BCUT2D eigenvalue weighted by Gasteiger charge is 1.99. The molecule has 0 aromatic carbocycles. The third-order valence-electron chi connectivity index (χ3n) is 2.05. The van der Waals surface area contributed by atoms with Crippen molar-refractivity contribution >= 4 is 11.3 Å². The molecule has 1 rings (SSSR count). The van der Waals surface area contributed by atoms with E-state index < -0.39 is 0 Å². The van der Waals surface area contributed by atoms with E-state index in [9.17, 15) is 0 Å². The van der Waals surface area contributed by atoms with Gasteiger partial charge >= 0.3 is 0 Å². The quantitative estimate of drug-likeness (QED) is 0.746. The fourth-order valence-corrected chi connectivity index (χ4v) is 1.88. The highest BCUT2D eigenvalue weighted by atomic mass is 32.1. The van der Waals surface area contributed by atoms with E-state index >= 15 is 0 Å². The molecule has 1 aromatic heterocycles. The van der Waals surface area contributed by atoms with Crippen molar-refractivity contribution in [2.75, 3.05) is 6.61 Å². The fourth-order valence-electron chi connectivity index (χ4n) is 1.18. The van der Waals surface area contributed by atoms with E-state index in [0.717, 1.165) is 12.8 Å². The lowest BCUT2D eigenvalue weighted by Crippen LogP contribution is -2.00. The van der Waals surface area contributed by atoms with Gasteiger partial charge in [0, 0.05) is 6.61 Å². The minimum atomic E-state index is 0.323. The molecular formula is C10H16OS. The largest absolute Gasteiger partial charge is 0.396 e. The average molecular weight is 184 g/mol. The van der Waals surface area contributed by atoms with Gasteiger partial charge in [-0.1, -0.05) is 6.92 Å². The smallest absolute Gasteiger partial charge is 0.0456 e. The molecule has 2 heteroatoms. The number of hydrogen-bond acceptors (Lipinski definition) is 2. The van der Waals surface area contributed by atoms with Gasteiger partial charge in [-0.05, 0) is 47.6 Å². The molecule has 0 aliphatic carbocycles. The lowest BCUT2D eigenvalue weighted by Gasteiger charge is -2.05. The van der Waals surface area contributed by atoms with E-state index in [1.165, 1.54) is 12.0 Å². The van der Waals surface area contributed by atoms with Crippen molar-refractivity contribution < 1.29 is 5.11 Å². The Bertz CT molecular complexity index is 194. The van der Waals surface area contributed by atoms with Gasteiger partial charge < -0.3 is 5.11 Å². The summed E-state index contributed by atoms with van der Waals surface area (Å²) < 4.78 is 0. The topological polar surface area (TPSA) is 20.2 Å². The second-order valence-corrected chi connectivity index (χ2v) is 4.09. The first kappa shape index (κ1) is 9.75. The minimum absolute atomic E-state index is 0.323. The van der Waals surface area contributed by atoms with Crippen LogP contribution in [0.4, 0.5) is 0 Å². The zero-order valence-corrected chi connectivity index (χ0v) is 8.31. The summed E-state index contributed by atoms with van der Waals surface area (Å²) in [7, 11) is 0. The second kappa shape index (κ2) is 5.33. The zero-order chi connectivity index (χ0) is 8.81. The van der Waals surface area contributed by atoms with Gasteiger partial charge in [0.1, 0.15) is 0 Å². The molecule has 12 heavy (non-hydrogen) atoms. The molecule has 1 aromatic rings. The molecule has 0 aliphatic heterocycles. The van der Waals surface area contributed by atoms with Crippen molar-refractivity contribution in [1.29, 1.82) is 0 Å². The van der Waals surface area contributed by atoms with Crippen molar-refractivity contribution in [3.05, 3.63) is 22.4 Å². The predicted molar refractivity (Wildman–Crippen MR) is 53.5 cm³/mol. The Morgan fingerprint density at radius 1 is 1.58 bits per heavy atom. The Morgan fingerprint density at radius 3 is 3.00 bits per heavy atom. The van der Waals surface area contributed by atoms with E-state index in [1.807, 2.05) is 0 Å². The normalized spacial score (nSPS) is 13.2. The first-order chi connectivity index (χ1) is 5.83. The molecule has 1 atom stereocenters. The first-order valence-electron chi connectivity index (χ1n) is 4.45. The summed E-state index contributed by atoms with van der Waals surface area (Å²) in [6.07, 6.45) is 3.48. The molecule has 1 nitrogen and oxygen atoms in total. The van der Waals surface area contributed by atoms with Gasteiger partial charge in [-0.2, -0.15) is 11.3 Å². The molecule has 0 fully saturated rings. The van der Waals surface area contributed by atoms with Crippen LogP contribution >= 0.6 is 11.3 Å². The number of hydrogen-bond donors (Lipinski definition) is 1. The van der Waals surface area contributed by atoms with Crippen molar-refractivity contribution in [2.45, 2.75) is 26.2 Å². The van der Waals surface area contributed by atoms with E-state index in [1.54, 1.807) is 11.3 Å². The van der Waals surface area contributed by atoms with E-state index in [0.29, 0.717) is 12.5 Å². The third kappa shape index (κ3) is 3.37. The molecular weight excluding hydrogens is 168 g/mol. The summed E-state index contributed by atoms with van der Waals surface area (Å²) in [5.41, 5.74) is 1.44. The number of aryl methyl sites for hydroxylation is 1. The zero-order valence-electron chi connectivity index (χ0n) is 7.49. The third-order valence-corrected chi connectivity index (χ3v) is 2.79. The Morgan fingerprint density at radius 2 is 2.42 bits per heavy atom. The van der Waals surface area contributed by atoms with Crippen LogP contribution in [-0.4, -0.2) is 11.7 Å². The summed E-state index contributed by atoms with van der Waals surface area (Å²) in [5, 5.41) is 13.1. The second-order valence-electron chi connectivity index (χ2n) is 3.31. The Kier molecular flexibility index (Phi) is 4.33. The SMILES string of the molecule is CC(CO)CCCc1ccsc1. The number of aliphatic hydroxyl groups excluding tert-OH is 1. The van der Waals surface area contributed by atoms with Crippen molar-refractivity contribution in [3.8, 4) is 0 Å². The molecule has 0 saturated carbocycles. The van der Waals surface area contributed by atoms with Crippen LogP contribution in [0, 0.1) is 5.92 Å². The number of rotatable bonds is 5. The fraction of sp³-hybridized carbons (Fsp3) is 0.600. The number of aliphatic hydroxyl groups is 1. The lowest BCUT2D eigenvalue weighted by atomic mass is 10.0. The molecule has 1 N–H and O–H groups in total. The molecule has 68 valence electrons. The van der Waals surface area contributed by atoms with Crippen molar-refractivity contribution in [2.24, 2.45) is 5.92 Å². The summed E-state index contributed by atoms with van der Waals surface area (Å²) in [5.74, 6) is 0.462. The maximum atomic E-state index is 8.79.